The zero-order valence-corrected chi connectivity index (χ0v) is 30.9. The van der Waals surface area contributed by atoms with Crippen molar-refractivity contribution in [1.82, 2.24) is 0 Å². The fraction of sp³-hybridized carbons (Fsp3) is 0.150. The van der Waals surface area contributed by atoms with E-state index in [-0.39, 0.29) is 29.4 Å². The molecule has 0 radical (unpaired) electrons. The first-order valence-electron chi connectivity index (χ1n) is 16.4. The largest absolute Gasteiger partial charge is 1.00 e. The Hall–Kier alpha value is -5.44. The van der Waals surface area contributed by atoms with Gasteiger partial charge in [-0.05, 0) is 42.0 Å². The number of pyridine rings is 2. The van der Waals surface area contributed by atoms with E-state index in [2.05, 4.69) is 57.7 Å². The third kappa shape index (κ3) is 10.8. The Balaban J connectivity index is 0.000000204. The molecule has 0 amide bonds. The van der Waals surface area contributed by atoms with E-state index in [1.807, 2.05) is 91.0 Å². The van der Waals surface area contributed by atoms with Gasteiger partial charge in [0.15, 0.2) is 23.2 Å². The SMILES string of the molecule is O=C(CC[n+]1c2ccccc2cc2ccccc21)OCc1ccccc1.O=C(O)CC[n+]1c2ccccc2cc2ccccc21.O=S(=O)([O-])C(F)(F)F.[Br-]. The smallest absolute Gasteiger partial charge is 0.485 e. The molecule has 280 valence electrons. The van der Waals surface area contributed by atoms with Crippen molar-refractivity contribution >= 4 is 65.7 Å². The molecule has 0 aliphatic heterocycles. The van der Waals surface area contributed by atoms with Crippen LogP contribution in [0.25, 0.3) is 43.6 Å². The Bertz CT molecular complexity index is 2390. The molecule has 5 aromatic carbocycles. The molecule has 0 unspecified atom stereocenters. The summed E-state index contributed by atoms with van der Waals surface area (Å²) in [7, 11) is -6.09. The van der Waals surface area contributed by atoms with Crippen LogP contribution in [0, 0.1) is 0 Å². The monoisotopic (exact) mass is 822 g/mol. The number of aryl methyl sites for hydroxylation is 2. The van der Waals surface area contributed by atoms with E-state index in [1.54, 1.807) is 0 Å². The van der Waals surface area contributed by atoms with E-state index >= 15 is 0 Å². The minimum atomic E-state index is -6.09. The number of carbonyl (C=O) groups excluding carboxylic acids is 1. The summed E-state index contributed by atoms with van der Waals surface area (Å²) in [5.74, 6) is -0.956. The van der Waals surface area contributed by atoms with Gasteiger partial charge in [0, 0.05) is 45.8 Å². The van der Waals surface area contributed by atoms with Gasteiger partial charge in [-0.25, -0.2) is 8.42 Å². The van der Waals surface area contributed by atoms with E-state index in [1.165, 1.54) is 10.8 Å². The fourth-order valence-corrected chi connectivity index (χ4v) is 5.72. The van der Waals surface area contributed by atoms with Crippen LogP contribution in [-0.4, -0.2) is 35.5 Å². The number of esters is 1. The maximum Gasteiger partial charge on any atom is 0.485 e. The van der Waals surface area contributed by atoms with Crippen LogP contribution in [0.2, 0.25) is 0 Å². The molecule has 0 bridgehead atoms. The highest BCUT2D eigenvalue weighted by Crippen LogP contribution is 2.21. The highest BCUT2D eigenvalue weighted by Gasteiger charge is 2.37. The lowest BCUT2D eigenvalue weighted by Crippen LogP contribution is -3.00. The predicted molar refractivity (Wildman–Crippen MR) is 192 cm³/mol. The maximum absolute atomic E-state index is 12.2. The van der Waals surface area contributed by atoms with E-state index in [0.717, 1.165) is 38.4 Å². The summed E-state index contributed by atoms with van der Waals surface area (Å²) in [4.78, 5) is 23.1. The number of benzene rings is 5. The molecule has 2 aromatic heterocycles. The molecule has 14 heteroatoms. The summed E-state index contributed by atoms with van der Waals surface area (Å²) < 4.78 is 68.6. The quantitative estimate of drug-likeness (QED) is 0.0800. The van der Waals surface area contributed by atoms with Gasteiger partial charge >= 0.3 is 17.4 Å². The van der Waals surface area contributed by atoms with E-state index in [4.69, 9.17) is 22.8 Å². The number of halogens is 4. The average molecular weight is 824 g/mol. The van der Waals surface area contributed by atoms with Crippen LogP contribution in [0.5, 0.6) is 0 Å². The van der Waals surface area contributed by atoms with Crippen molar-refractivity contribution in [3.05, 3.63) is 145 Å². The molecule has 7 aromatic rings. The normalized spacial score (nSPS) is 11.2. The number of carbonyl (C=O) groups is 2. The summed E-state index contributed by atoms with van der Waals surface area (Å²) in [5, 5.41) is 13.5. The minimum Gasteiger partial charge on any atom is -1.00 e. The molecule has 0 spiro atoms. The third-order valence-electron chi connectivity index (χ3n) is 8.15. The Morgan fingerprint density at radius 2 is 0.944 bits per heavy atom. The lowest BCUT2D eigenvalue weighted by Gasteiger charge is -2.08. The fourth-order valence-electron chi connectivity index (χ4n) is 5.72. The molecule has 7 rings (SSSR count). The zero-order chi connectivity index (χ0) is 38.0. The molecule has 0 saturated carbocycles. The lowest BCUT2D eigenvalue weighted by molar-refractivity contribution is -0.644. The average Bonchev–Trinajstić information content (AvgIpc) is 3.14. The maximum atomic E-state index is 12.2. The van der Waals surface area contributed by atoms with E-state index in [9.17, 15) is 22.8 Å². The third-order valence-corrected chi connectivity index (χ3v) is 8.71. The van der Waals surface area contributed by atoms with Crippen LogP contribution in [0.15, 0.2) is 140 Å². The second-order valence-electron chi connectivity index (χ2n) is 11.8. The van der Waals surface area contributed by atoms with Gasteiger partial charge in [0.05, 0.1) is 0 Å². The van der Waals surface area contributed by atoms with Gasteiger partial charge in [-0.15, -0.1) is 0 Å². The number of hydrogen-bond donors (Lipinski definition) is 1. The number of carboxylic acid groups (broad SMARTS) is 1. The number of fused-ring (bicyclic) bond motifs is 4. The summed E-state index contributed by atoms with van der Waals surface area (Å²) in [5.41, 5.74) is -0.245. The number of carboxylic acids is 1. The van der Waals surface area contributed by atoms with Crippen LogP contribution >= 0.6 is 0 Å². The van der Waals surface area contributed by atoms with E-state index in [0.29, 0.717) is 26.1 Å². The first kappa shape index (κ1) is 41.3. The number of aliphatic carboxylic acids is 1. The molecule has 2 heterocycles. The Morgan fingerprint density at radius 3 is 1.30 bits per heavy atom. The second kappa shape index (κ2) is 18.5. The Kier molecular flexibility index (Phi) is 14.2. The summed E-state index contributed by atoms with van der Waals surface area (Å²) in [6, 6.07) is 46.7. The van der Waals surface area contributed by atoms with Gasteiger partial charge in [-0.1, -0.05) is 78.9 Å². The van der Waals surface area contributed by atoms with Crippen molar-refractivity contribution in [3.8, 4) is 0 Å². The van der Waals surface area contributed by atoms with Gasteiger partial charge in [0.1, 0.15) is 19.4 Å². The molecule has 0 saturated heterocycles. The molecular weight excluding hydrogens is 789 g/mol. The molecule has 0 atom stereocenters. The number of rotatable bonds is 8. The van der Waals surface area contributed by atoms with Crippen LogP contribution in [-0.2, 0) is 44.1 Å². The number of alkyl halides is 3. The van der Waals surface area contributed by atoms with E-state index < -0.39 is 21.6 Å². The Morgan fingerprint density at radius 1 is 0.611 bits per heavy atom. The first-order chi connectivity index (χ1) is 25.3. The zero-order valence-electron chi connectivity index (χ0n) is 28.5. The van der Waals surface area contributed by atoms with Crippen LogP contribution in [0.3, 0.4) is 0 Å². The molecular formula is C40H34BrF3N2O7S. The summed E-state index contributed by atoms with van der Waals surface area (Å²) in [6.07, 6.45) is 0.470. The van der Waals surface area contributed by atoms with Crippen molar-refractivity contribution in [1.29, 1.82) is 0 Å². The number of para-hydroxylation sites is 4. The van der Waals surface area contributed by atoms with Crippen LogP contribution in [0.1, 0.15) is 18.4 Å². The highest BCUT2D eigenvalue weighted by atomic mass is 79.9. The van der Waals surface area contributed by atoms with Gasteiger partial charge < -0.3 is 31.4 Å². The Labute approximate surface area is 319 Å². The van der Waals surface area contributed by atoms with Crippen LogP contribution in [0.4, 0.5) is 13.2 Å². The van der Waals surface area contributed by atoms with Gasteiger partial charge in [0.25, 0.3) is 0 Å². The summed E-state index contributed by atoms with van der Waals surface area (Å²) >= 11 is 0. The van der Waals surface area contributed by atoms with Gasteiger partial charge in [-0.3, -0.25) is 9.59 Å². The first-order valence-corrected chi connectivity index (χ1v) is 17.8. The van der Waals surface area contributed by atoms with Crippen molar-refractivity contribution in [2.75, 3.05) is 0 Å². The number of aromatic nitrogens is 2. The number of hydrogen-bond acceptors (Lipinski definition) is 6. The molecule has 0 aliphatic carbocycles. The topological polar surface area (TPSA) is 129 Å². The number of ether oxygens (including phenoxy) is 1. The molecule has 1 N–H and O–H groups in total. The molecule has 9 nitrogen and oxygen atoms in total. The van der Waals surface area contributed by atoms with Gasteiger partial charge in [0.2, 0.25) is 22.1 Å². The minimum absolute atomic E-state index is 0. The highest BCUT2D eigenvalue weighted by molar-refractivity contribution is 7.86. The molecule has 54 heavy (non-hydrogen) atoms. The summed E-state index contributed by atoms with van der Waals surface area (Å²) in [6.45, 7) is 1.40. The van der Waals surface area contributed by atoms with Crippen molar-refractivity contribution < 1.29 is 71.7 Å². The standard InChI is InChI=1S/C23H20NO2.C16H13NO2.CHF3O3S.BrH/c25-23(26-17-18-8-2-1-3-9-18)14-15-24-21-12-6-4-10-19(21)16-20-11-5-7-13-22(20)24;18-16(19)9-10-17-14-7-3-1-5-12(14)11-13-6-2-4-8-15(13)17;2-1(3,4)8(5,6)7;/h1-13,16H,14-15,17H2;1-8,11H,9-10H2;(H,5,6,7);1H/q+1;;;/p-1. The predicted octanol–water partition coefficient (Wildman–Crippen LogP) is 4.22. The van der Waals surface area contributed by atoms with Crippen molar-refractivity contribution in [2.24, 2.45) is 0 Å². The van der Waals surface area contributed by atoms with Crippen molar-refractivity contribution in [2.45, 2.75) is 38.0 Å². The number of nitrogens with zero attached hydrogens (tertiary/aromatic N) is 2. The van der Waals surface area contributed by atoms with Crippen molar-refractivity contribution in [3.63, 3.8) is 0 Å². The second-order valence-corrected chi connectivity index (χ2v) is 13.1. The van der Waals surface area contributed by atoms with Gasteiger partial charge in [-0.2, -0.15) is 22.3 Å². The lowest BCUT2D eigenvalue weighted by atomic mass is 10.1. The van der Waals surface area contributed by atoms with Crippen LogP contribution < -0.4 is 26.1 Å². The molecule has 0 fully saturated rings. The molecule has 0 aliphatic rings.